The van der Waals surface area contributed by atoms with Gasteiger partial charge in [0.15, 0.2) is 11.6 Å². The highest BCUT2D eigenvalue weighted by molar-refractivity contribution is 5.96. The lowest BCUT2D eigenvalue weighted by Crippen LogP contribution is -2.26. The minimum absolute atomic E-state index is 0.0275. The van der Waals surface area contributed by atoms with Gasteiger partial charge >= 0.3 is 0 Å². The van der Waals surface area contributed by atoms with Crippen LogP contribution in [0.1, 0.15) is 21.6 Å². The van der Waals surface area contributed by atoms with Crippen LogP contribution >= 0.6 is 0 Å². The first kappa shape index (κ1) is 15.0. The minimum Gasteiger partial charge on any atom is -0.493 e. The molecule has 0 fully saturated rings. The molecular formula is C16H17FN2O2. The van der Waals surface area contributed by atoms with E-state index in [9.17, 15) is 9.18 Å². The Kier molecular flexibility index (Phi) is 4.52. The van der Waals surface area contributed by atoms with Gasteiger partial charge in [-0.2, -0.15) is 0 Å². The normalized spacial score (nSPS) is 10.3. The lowest BCUT2D eigenvalue weighted by molar-refractivity contribution is 0.0780. The monoisotopic (exact) mass is 288 g/mol. The molecule has 0 aliphatic rings. The fraction of sp³-hybridized carbons (Fsp3) is 0.250. The molecule has 1 heterocycles. The van der Waals surface area contributed by atoms with Gasteiger partial charge in [0.2, 0.25) is 0 Å². The summed E-state index contributed by atoms with van der Waals surface area (Å²) in [4.78, 5) is 18.1. The summed E-state index contributed by atoms with van der Waals surface area (Å²) in [7, 11) is 3.02. The third kappa shape index (κ3) is 3.37. The Morgan fingerprint density at radius 1 is 1.38 bits per heavy atom. The predicted octanol–water partition coefficient (Wildman–Crippen LogP) is 2.81. The highest BCUT2D eigenvalue weighted by Crippen LogP contribution is 2.23. The van der Waals surface area contributed by atoms with E-state index >= 15 is 0 Å². The van der Waals surface area contributed by atoms with Gasteiger partial charge in [0.1, 0.15) is 0 Å². The molecule has 0 bridgehead atoms. The van der Waals surface area contributed by atoms with Gasteiger partial charge in [-0.1, -0.05) is 6.07 Å². The van der Waals surface area contributed by atoms with Gasteiger partial charge in [0.05, 0.1) is 12.7 Å². The maximum absolute atomic E-state index is 13.7. The zero-order chi connectivity index (χ0) is 15.4. The average molecular weight is 288 g/mol. The Morgan fingerprint density at radius 2 is 2.14 bits per heavy atom. The summed E-state index contributed by atoms with van der Waals surface area (Å²) in [6, 6.07) is 8.07. The minimum atomic E-state index is -0.545. The number of rotatable bonds is 4. The van der Waals surface area contributed by atoms with E-state index in [1.54, 1.807) is 19.3 Å². The number of para-hydroxylation sites is 1. The zero-order valence-corrected chi connectivity index (χ0v) is 12.3. The molecule has 1 aromatic carbocycles. The van der Waals surface area contributed by atoms with E-state index < -0.39 is 5.82 Å². The molecule has 110 valence electrons. The van der Waals surface area contributed by atoms with Crippen molar-refractivity contribution in [2.24, 2.45) is 0 Å². The molecule has 0 aliphatic heterocycles. The van der Waals surface area contributed by atoms with E-state index in [0.717, 1.165) is 11.3 Å². The summed E-state index contributed by atoms with van der Waals surface area (Å²) in [5, 5.41) is 0. The molecule has 0 N–H and O–H groups in total. The van der Waals surface area contributed by atoms with Gasteiger partial charge < -0.3 is 9.64 Å². The van der Waals surface area contributed by atoms with Crippen LogP contribution in [0.15, 0.2) is 36.5 Å². The molecule has 0 atom stereocenters. The Morgan fingerprint density at radius 3 is 2.81 bits per heavy atom. The molecule has 5 heteroatoms. The Labute approximate surface area is 123 Å². The van der Waals surface area contributed by atoms with Crippen LogP contribution < -0.4 is 4.74 Å². The number of hydrogen-bond acceptors (Lipinski definition) is 3. The average Bonchev–Trinajstić information content (AvgIpc) is 2.46. The molecule has 0 saturated carbocycles. The zero-order valence-electron chi connectivity index (χ0n) is 12.3. The molecule has 1 aromatic heterocycles. The van der Waals surface area contributed by atoms with Crippen LogP contribution in [0, 0.1) is 12.7 Å². The van der Waals surface area contributed by atoms with Crippen LogP contribution in [-0.2, 0) is 6.54 Å². The molecular weight excluding hydrogens is 271 g/mol. The Hall–Kier alpha value is -2.43. The standard InChI is InChI=1S/C16H17FN2O2/c1-11-9-12(7-8-18-11)10-19(2)16(20)13-5-4-6-14(17)15(13)21-3/h4-9H,10H2,1-3H3. The van der Waals surface area contributed by atoms with Gasteiger partial charge in [-0.05, 0) is 36.8 Å². The van der Waals surface area contributed by atoms with Crippen LogP contribution in [0.2, 0.25) is 0 Å². The largest absolute Gasteiger partial charge is 0.493 e. The summed E-state index contributed by atoms with van der Waals surface area (Å²) in [6.07, 6.45) is 1.70. The first-order valence-corrected chi connectivity index (χ1v) is 6.52. The van der Waals surface area contributed by atoms with Gasteiger partial charge in [-0.25, -0.2) is 4.39 Å². The van der Waals surface area contributed by atoms with Crippen LogP contribution in [-0.4, -0.2) is 29.9 Å². The van der Waals surface area contributed by atoms with Crippen molar-refractivity contribution in [3.05, 3.63) is 59.2 Å². The molecule has 1 amide bonds. The fourth-order valence-corrected chi connectivity index (χ4v) is 2.14. The molecule has 0 aliphatic carbocycles. The molecule has 2 rings (SSSR count). The molecule has 0 spiro atoms. The van der Waals surface area contributed by atoms with Crippen molar-refractivity contribution in [3.63, 3.8) is 0 Å². The number of aryl methyl sites for hydroxylation is 1. The summed E-state index contributed by atoms with van der Waals surface area (Å²) in [6.45, 7) is 2.31. The number of nitrogens with zero attached hydrogens (tertiary/aromatic N) is 2. The van der Waals surface area contributed by atoms with Crippen LogP contribution in [0.25, 0.3) is 0 Å². The first-order valence-electron chi connectivity index (χ1n) is 6.52. The summed E-state index contributed by atoms with van der Waals surface area (Å²) < 4.78 is 18.6. The molecule has 0 unspecified atom stereocenters. The number of methoxy groups -OCH3 is 1. The van der Waals surface area contributed by atoms with Crippen LogP contribution in [0.4, 0.5) is 4.39 Å². The SMILES string of the molecule is COc1c(F)cccc1C(=O)N(C)Cc1ccnc(C)c1. The molecule has 21 heavy (non-hydrogen) atoms. The second-order valence-corrected chi connectivity index (χ2v) is 4.79. The van der Waals surface area contributed by atoms with Gasteiger partial charge in [-0.15, -0.1) is 0 Å². The third-order valence-corrected chi connectivity index (χ3v) is 3.13. The van der Waals surface area contributed by atoms with E-state index in [4.69, 9.17) is 4.74 Å². The van der Waals surface area contributed by atoms with Gasteiger partial charge in [-0.3, -0.25) is 9.78 Å². The highest BCUT2D eigenvalue weighted by Gasteiger charge is 2.19. The summed E-state index contributed by atoms with van der Waals surface area (Å²) in [5.74, 6) is -0.863. The number of amides is 1. The smallest absolute Gasteiger partial charge is 0.257 e. The van der Waals surface area contributed by atoms with Crippen molar-refractivity contribution in [2.75, 3.05) is 14.2 Å². The van der Waals surface area contributed by atoms with E-state index in [1.165, 1.54) is 24.1 Å². The van der Waals surface area contributed by atoms with Crippen molar-refractivity contribution in [2.45, 2.75) is 13.5 Å². The second kappa shape index (κ2) is 6.35. The first-order chi connectivity index (χ1) is 10.0. The topological polar surface area (TPSA) is 42.4 Å². The third-order valence-electron chi connectivity index (χ3n) is 3.13. The molecule has 0 radical (unpaired) electrons. The summed E-state index contributed by atoms with van der Waals surface area (Å²) in [5.41, 5.74) is 2.07. The van der Waals surface area contributed by atoms with Crippen molar-refractivity contribution in [3.8, 4) is 5.75 Å². The number of halogens is 1. The van der Waals surface area contributed by atoms with E-state index in [0.29, 0.717) is 6.54 Å². The number of hydrogen-bond donors (Lipinski definition) is 0. The molecule has 0 saturated heterocycles. The molecule has 2 aromatic rings. The van der Waals surface area contributed by atoms with Crippen molar-refractivity contribution < 1.29 is 13.9 Å². The number of pyridine rings is 1. The maximum atomic E-state index is 13.7. The van der Waals surface area contributed by atoms with E-state index in [-0.39, 0.29) is 17.2 Å². The Bertz CT molecular complexity index is 658. The lowest BCUT2D eigenvalue weighted by atomic mass is 10.1. The van der Waals surface area contributed by atoms with Crippen LogP contribution in [0.5, 0.6) is 5.75 Å². The van der Waals surface area contributed by atoms with Gasteiger partial charge in [0.25, 0.3) is 5.91 Å². The number of carbonyl (C=O) groups is 1. The number of benzene rings is 1. The quantitative estimate of drug-likeness (QED) is 0.869. The van der Waals surface area contributed by atoms with Crippen LogP contribution in [0.3, 0.4) is 0 Å². The highest BCUT2D eigenvalue weighted by atomic mass is 19.1. The number of carbonyl (C=O) groups excluding carboxylic acids is 1. The summed E-state index contributed by atoms with van der Waals surface area (Å²) >= 11 is 0. The number of aromatic nitrogens is 1. The van der Waals surface area contributed by atoms with E-state index in [1.807, 2.05) is 19.1 Å². The van der Waals surface area contributed by atoms with E-state index in [2.05, 4.69) is 4.98 Å². The van der Waals surface area contributed by atoms with Gasteiger partial charge in [0, 0.05) is 25.5 Å². The Balaban J connectivity index is 2.22. The lowest BCUT2D eigenvalue weighted by Gasteiger charge is -2.19. The maximum Gasteiger partial charge on any atom is 0.257 e. The predicted molar refractivity (Wildman–Crippen MR) is 77.7 cm³/mol. The number of ether oxygens (including phenoxy) is 1. The van der Waals surface area contributed by atoms with Crippen molar-refractivity contribution >= 4 is 5.91 Å². The van der Waals surface area contributed by atoms with Crippen molar-refractivity contribution in [1.29, 1.82) is 0 Å². The van der Waals surface area contributed by atoms with Crippen molar-refractivity contribution in [1.82, 2.24) is 9.88 Å². The fourth-order valence-electron chi connectivity index (χ4n) is 2.14. The molecule has 4 nitrogen and oxygen atoms in total. The second-order valence-electron chi connectivity index (χ2n) is 4.79.